The van der Waals surface area contributed by atoms with Crippen LogP contribution in [0.1, 0.15) is 18.1 Å². The van der Waals surface area contributed by atoms with Crippen molar-refractivity contribution in [3.8, 4) is 5.75 Å². The molecule has 0 unspecified atom stereocenters. The number of ether oxygens (including phenoxy) is 1. The van der Waals surface area contributed by atoms with E-state index < -0.39 is 6.10 Å². The third kappa shape index (κ3) is 5.15. The second kappa shape index (κ2) is 8.36. The summed E-state index contributed by atoms with van der Waals surface area (Å²) in [4.78, 5) is 0. The molecule has 1 heterocycles. The van der Waals surface area contributed by atoms with Crippen molar-refractivity contribution in [1.82, 2.24) is 10.2 Å². The van der Waals surface area contributed by atoms with Crippen molar-refractivity contribution in [3.63, 3.8) is 0 Å². The lowest BCUT2D eigenvalue weighted by molar-refractivity contribution is 0.126. The lowest BCUT2D eigenvalue weighted by Crippen LogP contribution is -2.20. The van der Waals surface area contributed by atoms with Crippen LogP contribution in [-0.2, 0) is 0 Å². The van der Waals surface area contributed by atoms with Crippen LogP contribution in [0.5, 0.6) is 5.75 Å². The van der Waals surface area contributed by atoms with Crippen LogP contribution < -0.4 is 10.1 Å². The minimum absolute atomic E-state index is 0.274. The summed E-state index contributed by atoms with van der Waals surface area (Å²) in [6.45, 7) is 7.17. The van der Waals surface area contributed by atoms with Crippen LogP contribution in [-0.4, -0.2) is 40.3 Å². The Labute approximate surface area is 139 Å². The Kier molecular flexibility index (Phi) is 6.48. The summed E-state index contributed by atoms with van der Waals surface area (Å²) in [5.41, 5.74) is 2.29. The molecule has 2 aromatic rings. The fraction of sp³-hybridized carbons (Fsp3) is 0.467. The van der Waals surface area contributed by atoms with E-state index >= 15 is 0 Å². The quantitative estimate of drug-likeness (QED) is 0.720. The van der Waals surface area contributed by atoms with Gasteiger partial charge in [-0.15, -0.1) is 10.2 Å². The van der Waals surface area contributed by atoms with Crippen molar-refractivity contribution in [2.24, 2.45) is 0 Å². The average Bonchev–Trinajstić information content (AvgIpc) is 2.92. The van der Waals surface area contributed by atoms with Crippen LogP contribution in [0, 0.1) is 13.8 Å². The Morgan fingerprint density at radius 2 is 2.18 bits per heavy atom. The molecule has 0 aliphatic heterocycles. The number of anilines is 1. The van der Waals surface area contributed by atoms with Crippen LogP contribution in [0.25, 0.3) is 0 Å². The summed E-state index contributed by atoms with van der Waals surface area (Å²) >= 11 is 2.99. The molecule has 0 saturated heterocycles. The number of aliphatic hydroxyl groups is 1. The van der Waals surface area contributed by atoms with Gasteiger partial charge in [0.25, 0.3) is 0 Å². The molecule has 0 fully saturated rings. The molecular formula is C15H21N3O2S2. The van der Waals surface area contributed by atoms with Gasteiger partial charge in [0.15, 0.2) is 4.34 Å². The summed E-state index contributed by atoms with van der Waals surface area (Å²) in [5.74, 6) is 1.35. The molecule has 0 aliphatic rings. The topological polar surface area (TPSA) is 67.3 Å². The Morgan fingerprint density at radius 3 is 2.91 bits per heavy atom. The van der Waals surface area contributed by atoms with Crippen molar-refractivity contribution in [2.45, 2.75) is 31.2 Å². The minimum atomic E-state index is -0.544. The maximum Gasteiger partial charge on any atom is 0.206 e. The number of thioether (sulfide) groups is 1. The van der Waals surface area contributed by atoms with Gasteiger partial charge < -0.3 is 15.2 Å². The van der Waals surface area contributed by atoms with E-state index in [9.17, 15) is 5.11 Å². The fourth-order valence-corrected chi connectivity index (χ4v) is 3.61. The second-order valence-corrected chi connectivity index (χ2v) is 7.19. The fourth-order valence-electron chi connectivity index (χ4n) is 1.85. The summed E-state index contributed by atoms with van der Waals surface area (Å²) in [6.07, 6.45) is -0.544. The zero-order chi connectivity index (χ0) is 15.9. The number of aromatic nitrogens is 2. The number of aryl methyl sites for hydroxylation is 2. The van der Waals surface area contributed by atoms with Crippen LogP contribution in [0.4, 0.5) is 5.13 Å². The monoisotopic (exact) mass is 339 g/mol. The molecule has 5 nitrogen and oxygen atoms in total. The van der Waals surface area contributed by atoms with Crippen LogP contribution in [0.2, 0.25) is 0 Å². The summed E-state index contributed by atoms with van der Waals surface area (Å²) < 4.78 is 6.53. The Bertz CT molecular complexity index is 604. The molecule has 7 heteroatoms. The average molecular weight is 339 g/mol. The summed E-state index contributed by atoms with van der Waals surface area (Å²) in [7, 11) is 0. The first-order valence-corrected chi connectivity index (χ1v) is 8.97. The van der Waals surface area contributed by atoms with Gasteiger partial charge >= 0.3 is 0 Å². The number of aliphatic hydroxyl groups excluding tert-OH is 1. The maximum absolute atomic E-state index is 10.0. The molecular weight excluding hydrogens is 318 g/mol. The molecule has 120 valence electrons. The molecule has 2 N–H and O–H groups in total. The molecule has 0 saturated carbocycles. The normalized spacial score (nSPS) is 12.2. The van der Waals surface area contributed by atoms with E-state index in [0.717, 1.165) is 27.3 Å². The standard InChI is InChI=1S/C15H21N3O2S2/c1-4-16-14-17-18-15(22-14)21-9-12(19)8-20-13-6-5-10(2)7-11(13)3/h5-7,12,19H,4,8-9H2,1-3H3,(H,16,17)/t12-/m1/s1. The van der Waals surface area contributed by atoms with E-state index in [-0.39, 0.29) is 6.61 Å². The third-order valence-electron chi connectivity index (χ3n) is 2.90. The molecule has 0 amide bonds. The third-order valence-corrected chi connectivity index (χ3v) is 5.05. The van der Waals surface area contributed by atoms with Gasteiger partial charge in [0.2, 0.25) is 5.13 Å². The maximum atomic E-state index is 10.0. The number of benzene rings is 1. The Hall–Kier alpha value is -1.31. The van der Waals surface area contributed by atoms with Gasteiger partial charge in [0.1, 0.15) is 12.4 Å². The predicted octanol–water partition coefficient (Wildman–Crippen LogP) is 3.12. The molecule has 1 aromatic heterocycles. The smallest absolute Gasteiger partial charge is 0.206 e. The van der Waals surface area contributed by atoms with E-state index in [1.54, 1.807) is 0 Å². The molecule has 22 heavy (non-hydrogen) atoms. The zero-order valence-electron chi connectivity index (χ0n) is 13.0. The number of hydrogen-bond donors (Lipinski definition) is 2. The van der Waals surface area contributed by atoms with E-state index in [1.807, 2.05) is 32.9 Å². The van der Waals surface area contributed by atoms with Gasteiger partial charge in [-0.3, -0.25) is 0 Å². The van der Waals surface area contributed by atoms with Gasteiger partial charge in [-0.05, 0) is 32.4 Å². The highest BCUT2D eigenvalue weighted by atomic mass is 32.2. The van der Waals surface area contributed by atoms with E-state index in [0.29, 0.717) is 5.75 Å². The Morgan fingerprint density at radius 1 is 1.36 bits per heavy atom. The summed E-state index contributed by atoms with van der Waals surface area (Å²) in [6, 6.07) is 6.02. The van der Waals surface area contributed by atoms with Crippen molar-refractivity contribution >= 4 is 28.2 Å². The van der Waals surface area contributed by atoms with Crippen LogP contribution in [0.15, 0.2) is 22.5 Å². The highest BCUT2D eigenvalue weighted by Crippen LogP contribution is 2.26. The van der Waals surface area contributed by atoms with Gasteiger partial charge in [-0.25, -0.2) is 0 Å². The Balaban J connectivity index is 1.76. The molecule has 2 rings (SSSR count). The predicted molar refractivity (Wildman–Crippen MR) is 92.2 cm³/mol. The van der Waals surface area contributed by atoms with Gasteiger partial charge in [0.05, 0.1) is 6.10 Å². The number of rotatable bonds is 8. The number of nitrogens with zero attached hydrogens (tertiary/aromatic N) is 2. The van der Waals surface area contributed by atoms with Crippen LogP contribution >= 0.6 is 23.1 Å². The molecule has 1 aromatic carbocycles. The molecule has 0 aliphatic carbocycles. The molecule has 0 spiro atoms. The lowest BCUT2D eigenvalue weighted by Gasteiger charge is -2.13. The van der Waals surface area contributed by atoms with E-state index in [1.165, 1.54) is 28.7 Å². The number of nitrogens with one attached hydrogen (secondary N) is 1. The van der Waals surface area contributed by atoms with Crippen LogP contribution in [0.3, 0.4) is 0 Å². The van der Waals surface area contributed by atoms with E-state index in [4.69, 9.17) is 4.74 Å². The van der Waals surface area contributed by atoms with Gasteiger partial charge in [-0.1, -0.05) is 40.8 Å². The first-order valence-electron chi connectivity index (χ1n) is 7.16. The SMILES string of the molecule is CCNc1nnc(SC[C@H](O)COc2ccc(C)cc2C)s1. The first-order chi connectivity index (χ1) is 10.6. The summed E-state index contributed by atoms with van der Waals surface area (Å²) in [5, 5.41) is 22.0. The first kappa shape index (κ1) is 17.1. The molecule has 1 atom stereocenters. The largest absolute Gasteiger partial charge is 0.491 e. The van der Waals surface area contributed by atoms with Crippen molar-refractivity contribution in [1.29, 1.82) is 0 Å². The van der Waals surface area contributed by atoms with Crippen molar-refractivity contribution < 1.29 is 9.84 Å². The van der Waals surface area contributed by atoms with Gasteiger partial charge in [-0.2, -0.15) is 0 Å². The molecule has 0 bridgehead atoms. The second-order valence-electron chi connectivity index (χ2n) is 4.95. The van der Waals surface area contributed by atoms with Crippen molar-refractivity contribution in [3.05, 3.63) is 29.3 Å². The highest BCUT2D eigenvalue weighted by Gasteiger charge is 2.10. The van der Waals surface area contributed by atoms with Crippen molar-refractivity contribution in [2.75, 3.05) is 24.2 Å². The van der Waals surface area contributed by atoms with Gasteiger partial charge in [0, 0.05) is 12.3 Å². The van der Waals surface area contributed by atoms with E-state index in [2.05, 4.69) is 21.6 Å². The number of hydrogen-bond acceptors (Lipinski definition) is 7. The lowest BCUT2D eigenvalue weighted by atomic mass is 10.1. The molecule has 0 radical (unpaired) electrons. The highest BCUT2D eigenvalue weighted by molar-refractivity contribution is 8.01. The minimum Gasteiger partial charge on any atom is -0.491 e. The zero-order valence-corrected chi connectivity index (χ0v) is 14.6.